The number of nitrogens with zero attached hydrogens (tertiary/aromatic N) is 1. The number of hydrazine groups is 1. The van der Waals surface area contributed by atoms with E-state index in [0.29, 0.717) is 5.56 Å². The highest BCUT2D eigenvalue weighted by atomic mass is 16.5. The molecule has 0 saturated carbocycles. The maximum Gasteiger partial charge on any atom is 0.269 e. The molecule has 0 aromatic heterocycles. The zero-order valence-corrected chi connectivity index (χ0v) is 18.8. The number of nitrogens with one attached hydrogen (secondary N) is 2. The van der Waals surface area contributed by atoms with Crippen LogP contribution in [0.5, 0.6) is 5.75 Å². The van der Waals surface area contributed by atoms with E-state index < -0.39 is 11.1 Å². The summed E-state index contributed by atoms with van der Waals surface area (Å²) in [7, 11) is 1.69. The molecule has 0 aliphatic carbocycles. The number of carbonyl (C=O) groups is 1. The second kappa shape index (κ2) is 6.75. The van der Waals surface area contributed by atoms with Crippen molar-refractivity contribution in [3.05, 3.63) is 102 Å². The third-order valence-electron chi connectivity index (χ3n) is 7.46. The molecule has 6 rings (SSSR count). The van der Waals surface area contributed by atoms with E-state index in [-0.39, 0.29) is 5.91 Å². The summed E-state index contributed by atoms with van der Waals surface area (Å²) in [6.45, 7) is 4.41. The van der Waals surface area contributed by atoms with Gasteiger partial charge >= 0.3 is 0 Å². The van der Waals surface area contributed by atoms with Gasteiger partial charge in [-0.15, -0.1) is 0 Å². The summed E-state index contributed by atoms with van der Waals surface area (Å²) in [4.78, 5) is 13.3. The summed E-state index contributed by atoms with van der Waals surface area (Å²) in [5.74, 6) is 0.671. The molecule has 0 bridgehead atoms. The van der Waals surface area contributed by atoms with Crippen LogP contribution < -0.4 is 20.5 Å². The molecule has 164 valence electrons. The third-order valence-corrected chi connectivity index (χ3v) is 7.46. The number of amides is 1. The van der Waals surface area contributed by atoms with Crippen molar-refractivity contribution in [3.63, 3.8) is 0 Å². The lowest BCUT2D eigenvalue weighted by Gasteiger charge is -2.42. The quantitative estimate of drug-likeness (QED) is 0.449. The summed E-state index contributed by atoms with van der Waals surface area (Å²) < 4.78 is 5.58. The van der Waals surface area contributed by atoms with Crippen LogP contribution >= 0.6 is 0 Å². The van der Waals surface area contributed by atoms with Gasteiger partial charge in [-0.2, -0.15) is 0 Å². The Balaban J connectivity index is 1.60. The third kappa shape index (κ3) is 2.50. The van der Waals surface area contributed by atoms with Crippen molar-refractivity contribution in [1.82, 2.24) is 5.43 Å². The molecule has 4 aromatic carbocycles. The first-order valence-corrected chi connectivity index (χ1v) is 11.1. The predicted octanol–water partition coefficient (Wildman–Crippen LogP) is 5.46. The summed E-state index contributed by atoms with van der Waals surface area (Å²) in [6, 6.07) is 28.1. The predicted molar refractivity (Wildman–Crippen MR) is 132 cm³/mol. The normalized spacial score (nSPS) is 22.3. The lowest BCUT2D eigenvalue weighted by molar-refractivity contribution is 0.0936. The van der Waals surface area contributed by atoms with Gasteiger partial charge in [0.05, 0.1) is 18.2 Å². The van der Waals surface area contributed by atoms with Crippen LogP contribution in [0.3, 0.4) is 0 Å². The molecule has 2 aliphatic heterocycles. The molecule has 0 saturated heterocycles. The van der Waals surface area contributed by atoms with Crippen molar-refractivity contribution in [2.45, 2.75) is 24.9 Å². The molecule has 5 heteroatoms. The number of rotatable bonds is 3. The smallest absolute Gasteiger partial charge is 0.269 e. The van der Waals surface area contributed by atoms with Gasteiger partial charge in [0.25, 0.3) is 5.91 Å². The van der Waals surface area contributed by atoms with Crippen LogP contribution in [0, 0.1) is 0 Å². The molecular weight excluding hydrogens is 410 g/mol. The zero-order valence-electron chi connectivity index (χ0n) is 18.8. The van der Waals surface area contributed by atoms with Gasteiger partial charge in [-0.05, 0) is 72.1 Å². The summed E-state index contributed by atoms with van der Waals surface area (Å²) in [5.41, 5.74) is 7.14. The summed E-state index contributed by atoms with van der Waals surface area (Å²) in [6.07, 6.45) is 0. The number of hydrogen-bond acceptors (Lipinski definition) is 4. The molecule has 1 amide bonds. The van der Waals surface area contributed by atoms with E-state index in [1.54, 1.807) is 7.11 Å². The van der Waals surface area contributed by atoms with Crippen molar-refractivity contribution in [3.8, 4) is 5.75 Å². The Kier molecular flexibility index (Phi) is 4.03. The first-order chi connectivity index (χ1) is 16.0. The van der Waals surface area contributed by atoms with Crippen molar-refractivity contribution in [2.75, 3.05) is 17.4 Å². The summed E-state index contributed by atoms with van der Waals surface area (Å²) >= 11 is 0. The fourth-order valence-corrected chi connectivity index (χ4v) is 5.62. The number of anilines is 2. The van der Waals surface area contributed by atoms with Gasteiger partial charge in [0, 0.05) is 11.3 Å². The minimum atomic E-state index is -0.626. The standard InChI is InChI=1S/C28H25N3O2/c1-27-22-17-20(33-3)14-15-23(22)29-28(27,2)31(30-26(32)19-10-5-4-6-11-19)24-16-13-18-9-7-8-12-21(18)25(24)27/h4-17,29H,1-3H3,(H,30,32)/t27-,28+/m0/s1. The molecule has 5 nitrogen and oxygen atoms in total. The van der Waals surface area contributed by atoms with E-state index >= 15 is 0 Å². The molecular formula is C28H25N3O2. The van der Waals surface area contributed by atoms with Gasteiger partial charge in [-0.1, -0.05) is 48.5 Å². The van der Waals surface area contributed by atoms with Gasteiger partial charge in [0.2, 0.25) is 0 Å². The van der Waals surface area contributed by atoms with Gasteiger partial charge in [0.15, 0.2) is 0 Å². The number of ether oxygens (including phenoxy) is 1. The Morgan fingerprint density at radius 2 is 1.70 bits per heavy atom. The van der Waals surface area contributed by atoms with Crippen molar-refractivity contribution in [1.29, 1.82) is 0 Å². The SMILES string of the molecule is COc1ccc2c(c1)[C@@]1(C)c3c(ccc4ccccc34)N(NC(=O)c3ccccc3)[C@@]1(C)N2. The van der Waals surface area contributed by atoms with Crippen molar-refractivity contribution < 1.29 is 9.53 Å². The Labute approximate surface area is 193 Å². The van der Waals surface area contributed by atoms with E-state index in [0.717, 1.165) is 22.7 Å². The van der Waals surface area contributed by atoms with E-state index in [2.05, 4.69) is 73.1 Å². The second-order valence-electron chi connectivity index (χ2n) is 9.06. The van der Waals surface area contributed by atoms with Crippen LogP contribution in [0.25, 0.3) is 10.8 Å². The number of methoxy groups -OCH3 is 1. The Bertz CT molecular complexity index is 1420. The topological polar surface area (TPSA) is 53.6 Å². The highest BCUT2D eigenvalue weighted by Gasteiger charge is 2.63. The van der Waals surface area contributed by atoms with Crippen LogP contribution in [0.2, 0.25) is 0 Å². The van der Waals surface area contributed by atoms with Crippen LogP contribution in [-0.2, 0) is 5.41 Å². The van der Waals surface area contributed by atoms with Gasteiger partial charge in [-0.3, -0.25) is 15.2 Å². The monoisotopic (exact) mass is 435 g/mol. The number of benzene rings is 4. The van der Waals surface area contributed by atoms with Crippen LogP contribution in [0.15, 0.2) is 84.9 Å². The maximum absolute atomic E-state index is 13.3. The Morgan fingerprint density at radius 1 is 0.939 bits per heavy atom. The molecule has 2 atom stereocenters. The van der Waals surface area contributed by atoms with E-state index in [1.807, 2.05) is 41.4 Å². The van der Waals surface area contributed by atoms with Crippen LogP contribution in [0.4, 0.5) is 11.4 Å². The molecule has 2 heterocycles. The number of fused-ring (bicyclic) bond motifs is 7. The average Bonchev–Trinajstić information content (AvgIpc) is 3.19. The fourth-order valence-electron chi connectivity index (χ4n) is 5.62. The summed E-state index contributed by atoms with van der Waals surface area (Å²) in [5, 5.41) is 8.10. The lowest BCUT2D eigenvalue weighted by Crippen LogP contribution is -2.62. The minimum absolute atomic E-state index is 0.143. The van der Waals surface area contributed by atoms with Crippen molar-refractivity contribution >= 4 is 28.1 Å². The zero-order chi connectivity index (χ0) is 22.8. The molecule has 0 radical (unpaired) electrons. The molecule has 2 N–H and O–H groups in total. The van der Waals surface area contributed by atoms with Gasteiger partial charge < -0.3 is 10.1 Å². The number of carbonyl (C=O) groups excluding carboxylic acids is 1. The van der Waals surface area contributed by atoms with Crippen LogP contribution in [-0.4, -0.2) is 18.7 Å². The minimum Gasteiger partial charge on any atom is -0.497 e. The Hall–Kier alpha value is -3.99. The van der Waals surface area contributed by atoms with E-state index in [4.69, 9.17) is 4.74 Å². The largest absolute Gasteiger partial charge is 0.497 e. The first-order valence-electron chi connectivity index (χ1n) is 11.1. The van der Waals surface area contributed by atoms with Crippen LogP contribution in [0.1, 0.15) is 35.3 Å². The Morgan fingerprint density at radius 3 is 2.48 bits per heavy atom. The van der Waals surface area contributed by atoms with E-state index in [9.17, 15) is 4.79 Å². The highest BCUT2D eigenvalue weighted by Crippen LogP contribution is 2.61. The highest BCUT2D eigenvalue weighted by molar-refractivity contribution is 6.00. The maximum atomic E-state index is 13.3. The fraction of sp³-hybridized carbons (Fsp3) is 0.179. The molecule has 4 aromatic rings. The molecule has 0 unspecified atom stereocenters. The molecule has 0 fully saturated rings. The molecule has 0 spiro atoms. The first kappa shape index (κ1) is 19.7. The number of hydrogen-bond donors (Lipinski definition) is 2. The average molecular weight is 436 g/mol. The molecule has 33 heavy (non-hydrogen) atoms. The van der Waals surface area contributed by atoms with E-state index in [1.165, 1.54) is 16.3 Å². The van der Waals surface area contributed by atoms with Gasteiger partial charge in [0.1, 0.15) is 11.4 Å². The second-order valence-corrected chi connectivity index (χ2v) is 9.06. The van der Waals surface area contributed by atoms with Gasteiger partial charge in [-0.25, -0.2) is 0 Å². The molecule has 2 aliphatic rings. The lowest BCUT2D eigenvalue weighted by atomic mass is 9.71. The van der Waals surface area contributed by atoms with Crippen molar-refractivity contribution in [2.24, 2.45) is 0 Å².